The molecule has 3 aromatic heterocycles. The molecule has 1 N–H and O–H groups in total. The van der Waals surface area contributed by atoms with Crippen LogP contribution in [-0.2, 0) is 51.7 Å². The van der Waals surface area contributed by atoms with Crippen LogP contribution in [0.25, 0.3) is 0 Å². The molecule has 0 radical (unpaired) electrons. The SMILES string of the molecule is C.C.C.CC(C)(C)[Si](C)(C)OC(c1cccc(Cl)c1)c1cc(C2OCCO2)sc1CO.CCc1sc(C2OCCO2)cc1C(O[Si](C)(C)C(C)(C)C)c1cccc(Cl)c1.CCc1sc(C=O)cc1C(O[Si](C)(C)C(C)(C)C)c1cccc(Cl)c1.[2H]CF. The zero-order chi connectivity index (χ0) is 62.6. The highest BCUT2D eigenvalue weighted by Gasteiger charge is 2.43. The van der Waals surface area contributed by atoms with Crippen molar-refractivity contribution >= 4 is 100 Å². The van der Waals surface area contributed by atoms with Crippen molar-refractivity contribution in [2.75, 3.05) is 33.6 Å². The minimum Gasteiger partial charge on any atom is -0.406 e. The Kier molecular flexibility index (Phi) is 31.0. The Hall–Kier alpha value is -2.44. The molecule has 0 amide bonds. The van der Waals surface area contributed by atoms with Gasteiger partial charge in [0.25, 0.3) is 0 Å². The number of benzene rings is 3. The van der Waals surface area contributed by atoms with E-state index in [1.54, 1.807) is 22.7 Å². The molecule has 0 aliphatic carbocycles. The van der Waals surface area contributed by atoms with E-state index < -0.39 is 32.1 Å². The van der Waals surface area contributed by atoms with Crippen LogP contribution < -0.4 is 0 Å². The van der Waals surface area contributed by atoms with E-state index in [2.05, 4.69) is 140 Å². The Labute approximate surface area is 549 Å². The first-order valence-corrected chi connectivity index (χ1v) is 40.6. The minimum absolute atomic E-state index is 0. The lowest BCUT2D eigenvalue weighted by molar-refractivity contribution is -0.0416. The van der Waals surface area contributed by atoms with Crippen LogP contribution in [0.4, 0.5) is 4.39 Å². The van der Waals surface area contributed by atoms with Crippen molar-refractivity contribution in [2.45, 2.75) is 203 Å². The normalized spacial score (nSPS) is 15.4. The minimum atomic E-state index is -2.09. The molecule has 86 heavy (non-hydrogen) atoms. The van der Waals surface area contributed by atoms with E-state index in [4.69, 9.17) is 68.4 Å². The topological polar surface area (TPSA) is 102 Å². The lowest BCUT2D eigenvalue weighted by Crippen LogP contribution is -2.42. The van der Waals surface area contributed by atoms with Gasteiger partial charge in [0, 0.05) is 35.3 Å². The zero-order valence-corrected chi connectivity index (χ0v) is 59.4. The second kappa shape index (κ2) is 34.3. The number of aliphatic hydroxyl groups is 1. The monoisotopic (exact) mass is 1360 g/mol. The van der Waals surface area contributed by atoms with Crippen LogP contribution in [0.15, 0.2) is 91.0 Å². The highest BCUT2D eigenvalue weighted by atomic mass is 35.5. The summed E-state index contributed by atoms with van der Waals surface area (Å²) >= 11 is 23.7. The fourth-order valence-corrected chi connectivity index (χ4v) is 15.8. The summed E-state index contributed by atoms with van der Waals surface area (Å²) in [6, 6.07) is 30.0. The first-order chi connectivity index (χ1) is 39.2. The van der Waals surface area contributed by atoms with Gasteiger partial charge in [0.1, 0.15) is 0 Å². The van der Waals surface area contributed by atoms with Crippen molar-refractivity contribution < 1.29 is 47.9 Å². The van der Waals surface area contributed by atoms with Gasteiger partial charge in [-0.1, -0.05) is 170 Å². The first-order valence-electron chi connectivity index (χ1n) is 29.0. The van der Waals surface area contributed by atoms with Crippen molar-refractivity contribution in [3.8, 4) is 0 Å². The molecule has 2 fully saturated rings. The molecule has 0 bridgehead atoms. The predicted molar refractivity (Wildman–Crippen MR) is 374 cm³/mol. The average Bonchev–Trinajstić information content (AvgIpc) is 1.94. The van der Waals surface area contributed by atoms with Crippen molar-refractivity contribution in [3.63, 3.8) is 0 Å². The molecule has 6 aromatic rings. The van der Waals surface area contributed by atoms with Crippen LogP contribution in [0.1, 0.15) is 198 Å². The Bertz CT molecular complexity index is 2890. The summed E-state index contributed by atoms with van der Waals surface area (Å²) in [6.07, 6.45) is 1.51. The number of halogens is 4. The van der Waals surface area contributed by atoms with Gasteiger partial charge >= 0.3 is 0 Å². The van der Waals surface area contributed by atoms with Gasteiger partial charge in [-0.25, -0.2) is 0 Å². The van der Waals surface area contributed by atoms with Gasteiger partial charge in [-0.15, -0.1) is 34.0 Å². The summed E-state index contributed by atoms with van der Waals surface area (Å²) in [7, 11) is -7.12. The molecule has 2 saturated heterocycles. The standard InChI is InChI=1S/C22H31ClO3SSi.C21H29ClO4SSi.C20H27ClO2SSi.CH3F.3CH4/c1-7-18-17(14-19(27-18)21-24-11-12-25-21)20(15-9-8-10-16(23)13-15)26-28(5,6)22(2,3)4;1-21(2,3)28(4,5)26-19(14-7-6-8-15(22)11-14)16-12-17(27-18(16)13-23)20-24-9-10-25-20;1-7-18-17(12-16(13-22)24-18)19(14-9-8-10-15(21)11-14)23-25(5,6)20(2,3)4;1-2;;;/h8-10,13-14,20-21H,7,11-12H2,1-6H3;6-8,11-12,19-20,23H,9-10,13H2,1-5H3;8-13,19H,7H2,1-6H3;1H3;3*1H4/i;;;1D;;;. The molecule has 3 aromatic carbocycles. The third kappa shape index (κ3) is 20.8. The van der Waals surface area contributed by atoms with Gasteiger partial charge in [-0.05, 0) is 150 Å². The Morgan fingerprint density at radius 2 is 0.849 bits per heavy atom. The lowest BCUT2D eigenvalue weighted by atomic mass is 10.0. The molecule has 19 heteroatoms. The summed E-state index contributed by atoms with van der Waals surface area (Å²) in [5.41, 5.74) is 6.42. The molecular weight excluding hydrogens is 1250 g/mol. The Morgan fingerprint density at radius 3 is 1.13 bits per heavy atom. The number of ether oxygens (including phenoxy) is 4. The van der Waals surface area contributed by atoms with E-state index in [0.717, 1.165) is 71.5 Å². The molecule has 0 spiro atoms. The van der Waals surface area contributed by atoms with Gasteiger partial charge in [0.05, 0.1) is 74.5 Å². The van der Waals surface area contributed by atoms with E-state index in [-0.39, 0.29) is 74.9 Å². The molecule has 482 valence electrons. The Balaban J connectivity index is 0.000000428. The van der Waals surface area contributed by atoms with E-state index in [0.29, 0.717) is 36.5 Å². The molecule has 5 heterocycles. The third-order valence-corrected chi connectivity index (χ3v) is 33.9. The summed E-state index contributed by atoms with van der Waals surface area (Å²) in [5.74, 6) is 0. The molecule has 2 aliphatic rings. The third-order valence-electron chi connectivity index (χ3n) is 16.2. The van der Waals surface area contributed by atoms with E-state index in [1.165, 1.54) is 26.7 Å². The summed E-state index contributed by atoms with van der Waals surface area (Å²) in [5, 5.41) is 12.4. The van der Waals surface area contributed by atoms with E-state index in [1.807, 2.05) is 66.7 Å². The second-order valence-electron chi connectivity index (χ2n) is 25.2. The molecule has 8 rings (SSSR count). The van der Waals surface area contributed by atoms with Gasteiger partial charge in [0.15, 0.2) is 43.8 Å². The number of alkyl halides is 1. The first kappa shape index (κ1) is 77.8. The number of aryl methyl sites for hydroxylation is 2. The number of hydrogen-bond donors (Lipinski definition) is 1. The van der Waals surface area contributed by atoms with Crippen molar-refractivity contribution in [2.24, 2.45) is 0 Å². The quantitative estimate of drug-likeness (QED) is 0.0666. The van der Waals surface area contributed by atoms with Crippen LogP contribution in [0.5, 0.6) is 0 Å². The number of hydrogen-bond acceptors (Lipinski definition) is 12. The maximum absolute atomic E-state index is 11.3. The van der Waals surface area contributed by atoms with Gasteiger partial charge < -0.3 is 37.3 Å². The van der Waals surface area contributed by atoms with E-state index in [9.17, 15) is 14.3 Å². The maximum atomic E-state index is 11.3. The van der Waals surface area contributed by atoms with E-state index >= 15 is 0 Å². The summed E-state index contributed by atoms with van der Waals surface area (Å²) in [6.45, 7) is 40.5. The van der Waals surface area contributed by atoms with Crippen molar-refractivity contribution in [1.82, 2.24) is 0 Å². The second-order valence-corrected chi connectivity index (χ2v) is 44.2. The molecule has 3 atom stereocenters. The summed E-state index contributed by atoms with van der Waals surface area (Å²) < 4.78 is 58.9. The molecule has 3 unspecified atom stereocenters. The Morgan fingerprint density at radius 1 is 0.558 bits per heavy atom. The lowest BCUT2D eigenvalue weighted by Gasteiger charge is -2.39. The zero-order valence-electron chi connectivity index (χ0n) is 52.7. The van der Waals surface area contributed by atoms with Crippen LogP contribution in [0, 0.1) is 0 Å². The maximum Gasteiger partial charge on any atom is 0.193 e. The molecular formula is C67H102Cl3FO9S3Si3. The van der Waals surface area contributed by atoms with Crippen LogP contribution in [-0.4, -0.2) is 69.9 Å². The highest BCUT2D eigenvalue weighted by molar-refractivity contribution is 7.14. The molecule has 0 saturated carbocycles. The fourth-order valence-electron chi connectivity index (χ4n) is 8.43. The highest BCUT2D eigenvalue weighted by Crippen LogP contribution is 2.48. The average molecular weight is 1360 g/mol. The van der Waals surface area contributed by atoms with Gasteiger partial charge in [-0.3, -0.25) is 9.18 Å². The van der Waals surface area contributed by atoms with Crippen LogP contribution >= 0.6 is 68.8 Å². The van der Waals surface area contributed by atoms with Crippen LogP contribution in [0.3, 0.4) is 0 Å². The summed E-state index contributed by atoms with van der Waals surface area (Å²) in [4.78, 5) is 17.5. The van der Waals surface area contributed by atoms with Gasteiger partial charge in [0.2, 0.25) is 0 Å². The number of rotatable bonds is 18. The number of thiophene rings is 3. The predicted octanol–water partition coefficient (Wildman–Crippen LogP) is 22.6. The van der Waals surface area contributed by atoms with Crippen molar-refractivity contribution in [3.05, 3.63) is 169 Å². The number of aldehydes is 1. The van der Waals surface area contributed by atoms with Crippen molar-refractivity contribution in [1.29, 1.82) is 0 Å². The molecule has 2 aliphatic heterocycles. The number of aliphatic hydroxyl groups excluding tert-OH is 1. The largest absolute Gasteiger partial charge is 0.406 e. The number of carbonyl (C=O) groups is 1. The molecule has 9 nitrogen and oxygen atoms in total. The van der Waals surface area contributed by atoms with Gasteiger partial charge in [-0.2, -0.15) is 0 Å². The van der Waals surface area contributed by atoms with Crippen LogP contribution in [0.2, 0.25) is 69.5 Å². The fraction of sp³-hybridized carbons (Fsp3) is 0.537. The number of carbonyl (C=O) groups excluding carboxylic acids is 1. The smallest absolute Gasteiger partial charge is 0.193 e.